The van der Waals surface area contributed by atoms with Crippen LogP contribution in [-0.4, -0.2) is 0 Å². The van der Waals surface area contributed by atoms with E-state index >= 15 is 0 Å². The van der Waals surface area contributed by atoms with E-state index in [4.69, 9.17) is 0 Å². The van der Waals surface area contributed by atoms with Gasteiger partial charge in [-0.1, -0.05) is 0 Å². The van der Waals surface area contributed by atoms with Crippen molar-refractivity contribution < 1.29 is 2290 Å². The Bertz CT molecular complexity index is 0. The fourth-order valence-corrected chi connectivity index (χ4v) is 0. The predicted molar refractivity (Wildman–Crippen MR) is 0 cm³/mol. The van der Waals surface area contributed by atoms with Crippen molar-refractivity contribution in [2.24, 2.45) is 0 Å². The Balaban J connectivity index is 0. The Morgan fingerprint density at radius 1 is 0.0143 bits per heavy atom. The summed E-state index contributed by atoms with van der Waals surface area (Å²) < 4.78 is 0. The minimum Gasteiger partial charge on any atom is 0 e. The maximum Gasteiger partial charge on any atom is 0 e. The van der Waals surface area contributed by atoms with Crippen LogP contribution < -0.4 is 0 Å². The zero-order valence-corrected chi connectivity index (χ0v) is 239. The Morgan fingerprint density at radius 3 is 0.0143 bits per heavy atom. The smallest absolute Gasteiger partial charge is 0 e. The molecule has 0 heterocycles. The first kappa shape index (κ1) is 528. The van der Waals surface area contributed by atoms with Crippen LogP contribution in [0.15, 0.2) is 0 Å². The van der Waals surface area contributed by atoms with Crippen molar-refractivity contribution in [3.8, 4) is 0 Å². The second-order valence-electron chi connectivity index (χ2n) is 0. The molecule has 0 aliphatic heterocycles. The molecule has 0 nitrogen and oxygen atoms in total. The Kier molecular flexibility index (Phi) is 3900. The molecule has 0 atom stereocenters. The Hall–Kier alpha value is 77.3. The zero-order chi connectivity index (χ0) is 0. The van der Waals surface area contributed by atoms with Crippen LogP contribution in [0.2, 0.25) is 0 Å². The first-order valence-electron chi connectivity index (χ1n) is 0. The summed E-state index contributed by atoms with van der Waals surface area (Å²) in [5.41, 5.74) is 0. The van der Waals surface area contributed by atoms with E-state index in [1.54, 1.807) is 0 Å². The number of rotatable bonds is 0. The number of hydrogen-bond donors (Lipinski definition) is 0. The molecule has 0 rings (SSSR count). The van der Waals surface area contributed by atoms with Crippen LogP contribution in [0.1, 0.15) is 0 Å². The van der Waals surface area contributed by atoms with Gasteiger partial charge < -0.3 is 0 Å². The van der Waals surface area contributed by atoms with Crippen LogP contribution in [0, 0.1) is 0 Å². The minimum atomic E-state index is 0. The minimum absolute atomic E-state index is 0. The van der Waals surface area contributed by atoms with E-state index in [0.717, 1.165) is 0 Å². The van der Waals surface area contributed by atoms with Crippen LogP contribution in [0.25, 0.3) is 0 Å². The number of hydrogen-bond acceptors (Lipinski definition) is 0. The molecule has 0 fully saturated rings. The van der Waals surface area contributed by atoms with Crippen molar-refractivity contribution in [2.45, 2.75) is 0 Å². The molecule has 0 aromatic rings. The molecule has 0 aliphatic carbocycles. The molecule has 0 saturated carbocycles. The normalized spacial score (nSPS) is 0. The first-order valence-corrected chi connectivity index (χ1v) is 0. The van der Waals surface area contributed by atoms with Crippen molar-refractivity contribution >= 4 is 0 Å². The molecule has 0 aromatic carbocycles. The summed E-state index contributed by atoms with van der Waals surface area (Å²) in [4.78, 5) is 0. The summed E-state index contributed by atoms with van der Waals surface area (Å²) in [6, 6.07) is 0. The molecule has 70 heavy (non-hydrogen) atoms. The molecule has 210 valence electrons. The molecule has 0 spiro atoms. The van der Waals surface area contributed by atoms with Crippen LogP contribution in [0.4, 0.5) is 0 Å². The van der Waals surface area contributed by atoms with Crippen LogP contribution >= 0.6 is 0 Å². The average Bonchev–Trinajstić information content (AvgIpc) is 0. The molecule has 70 radical (unpaired) electrons. The molecule has 0 unspecified atom stereocenters. The van der Waals surface area contributed by atoms with Gasteiger partial charge in [-0.15, -0.1) is 0 Å². The van der Waals surface area contributed by atoms with Crippen LogP contribution in [0.5, 0.6) is 0 Å². The van der Waals surface area contributed by atoms with Gasteiger partial charge in [0.25, 0.3) is 0 Å². The van der Waals surface area contributed by atoms with Crippen molar-refractivity contribution in [2.75, 3.05) is 0 Å². The van der Waals surface area contributed by atoms with Gasteiger partial charge in [-0.25, -0.2) is 0 Å². The maximum atomic E-state index is 0. The van der Waals surface area contributed by atoms with Gasteiger partial charge in [-0.05, 0) is 0 Å². The third-order valence-corrected chi connectivity index (χ3v) is 0. The van der Waals surface area contributed by atoms with Gasteiger partial charge in [-0.3, -0.25) is 0 Å². The van der Waals surface area contributed by atoms with Gasteiger partial charge in [0.05, 0.1) is 0 Å². The molecule has 0 bridgehead atoms. The third kappa shape index (κ3) is 506. The summed E-state index contributed by atoms with van der Waals surface area (Å²) in [5, 5.41) is 0. The molecule has 0 N–H and O–H groups in total. The Labute approximate surface area is 2200 Å². The monoisotopic (exact) mass is 6220 g/mol. The SMILES string of the molecule is [Y].[Y].[Y].[Y].[Y].[Y].[Y].[Y].[Y].[Y].[Y].[Y].[Y].[Y].[Y].[Y].[Y].[Y].[Y].[Y].[Y].[Y].[Y].[Y].[Y].[Y].[Y].[Y].[Y].[Y].[Y].[Y].[Y].[Y].[Y].[Y].[Y].[Y].[Y].[Y].[Y].[Y].[Y].[Y].[Y].[Y].[Y].[Y].[Y].[Y].[Y].[Y].[Y].[Y].[Y].[Y].[Y].[Y].[Y].[Y].[Y].[Y].[Y].[Y].[Y].[Y].[Y].[Y].[Y].[Y]. The van der Waals surface area contributed by atoms with Gasteiger partial charge in [-0.2, -0.15) is 0 Å². The average molecular weight is 6220 g/mol. The second-order valence-corrected chi connectivity index (χ2v) is 0. The van der Waals surface area contributed by atoms with Gasteiger partial charge in [0.2, 0.25) is 0 Å². The van der Waals surface area contributed by atoms with Crippen LogP contribution in [-0.2, 0) is 2290 Å². The van der Waals surface area contributed by atoms with E-state index in [1.807, 2.05) is 0 Å². The van der Waals surface area contributed by atoms with Gasteiger partial charge in [0.15, 0.2) is 0 Å². The van der Waals surface area contributed by atoms with Crippen molar-refractivity contribution in [3.05, 3.63) is 0 Å². The van der Waals surface area contributed by atoms with Gasteiger partial charge >= 0.3 is 0 Å². The van der Waals surface area contributed by atoms with Crippen molar-refractivity contribution in [3.63, 3.8) is 0 Å². The summed E-state index contributed by atoms with van der Waals surface area (Å²) in [7, 11) is 0. The fourth-order valence-electron chi connectivity index (χ4n) is 0. The standard InChI is InChI=1S/70Y. The van der Waals surface area contributed by atoms with E-state index in [9.17, 15) is 0 Å². The van der Waals surface area contributed by atoms with Crippen LogP contribution in [0.3, 0.4) is 0 Å². The second kappa shape index (κ2) is 517. The van der Waals surface area contributed by atoms with Crippen molar-refractivity contribution in [1.29, 1.82) is 0 Å². The predicted octanol–water partition coefficient (Wildman–Crippen LogP) is -0.175. The van der Waals surface area contributed by atoms with Gasteiger partial charge in [0.1, 0.15) is 0 Å². The summed E-state index contributed by atoms with van der Waals surface area (Å²) in [6.07, 6.45) is 0. The van der Waals surface area contributed by atoms with E-state index in [1.165, 1.54) is 0 Å². The molecule has 0 saturated heterocycles. The largest absolute Gasteiger partial charge is 0 e. The summed E-state index contributed by atoms with van der Waals surface area (Å²) >= 11 is 0. The summed E-state index contributed by atoms with van der Waals surface area (Å²) in [6.45, 7) is 0. The molecule has 0 amide bonds. The fraction of sp³-hybridized carbons (Fsp3) is 0. The molecular weight excluding hydrogens is 6220 g/mol. The van der Waals surface area contributed by atoms with E-state index in [0.29, 0.717) is 0 Å². The van der Waals surface area contributed by atoms with Gasteiger partial charge in [0, 0.05) is 2290 Å². The summed E-state index contributed by atoms with van der Waals surface area (Å²) in [5.74, 6) is 0. The van der Waals surface area contributed by atoms with E-state index in [-0.39, 0.29) is 2290 Å². The van der Waals surface area contributed by atoms with E-state index in [2.05, 4.69) is 0 Å². The van der Waals surface area contributed by atoms with E-state index < -0.39 is 0 Å². The maximum absolute atomic E-state index is 0. The molecule has 0 aromatic heterocycles. The molecule has 0 aliphatic rings. The third-order valence-electron chi connectivity index (χ3n) is 0. The Morgan fingerprint density at radius 2 is 0.0143 bits per heavy atom. The first-order chi connectivity index (χ1) is 0. The van der Waals surface area contributed by atoms with Crippen molar-refractivity contribution in [1.82, 2.24) is 0 Å². The quantitative estimate of drug-likeness (QED) is 0.317. The molecule has 70 heteroatoms. The zero-order valence-electron chi connectivity index (χ0n) is 40.4. The topological polar surface area (TPSA) is 0 Å². The molecular formula is Y70.